The SMILES string of the molecule is CS(=O)(=O)c1nc(-c2ccccc2)c(-c2cccnc2)s1. The molecule has 3 rings (SSSR count). The van der Waals surface area contributed by atoms with E-state index < -0.39 is 9.84 Å². The van der Waals surface area contributed by atoms with Crippen LogP contribution in [0.2, 0.25) is 0 Å². The molecule has 0 N–H and O–H groups in total. The zero-order valence-electron chi connectivity index (χ0n) is 11.2. The lowest BCUT2D eigenvalue weighted by Crippen LogP contribution is -1.95. The van der Waals surface area contributed by atoms with Crippen molar-refractivity contribution in [3.05, 3.63) is 54.9 Å². The van der Waals surface area contributed by atoms with Crippen LogP contribution in [0.15, 0.2) is 59.2 Å². The first-order chi connectivity index (χ1) is 10.1. The van der Waals surface area contributed by atoms with Gasteiger partial charge in [0.25, 0.3) is 0 Å². The first kappa shape index (κ1) is 13.9. The van der Waals surface area contributed by atoms with E-state index in [0.717, 1.165) is 16.0 Å². The Kier molecular flexibility index (Phi) is 3.57. The van der Waals surface area contributed by atoms with Crippen molar-refractivity contribution >= 4 is 21.2 Å². The Bertz CT molecular complexity index is 800. The van der Waals surface area contributed by atoms with E-state index in [-0.39, 0.29) is 4.34 Å². The molecule has 0 saturated heterocycles. The molecule has 21 heavy (non-hydrogen) atoms. The van der Waals surface area contributed by atoms with Gasteiger partial charge >= 0.3 is 0 Å². The summed E-state index contributed by atoms with van der Waals surface area (Å²) in [5.74, 6) is 0. The van der Waals surface area contributed by atoms with Gasteiger partial charge in [-0.15, -0.1) is 11.3 Å². The third kappa shape index (κ3) is 2.86. The quantitative estimate of drug-likeness (QED) is 0.744. The van der Waals surface area contributed by atoms with E-state index in [0.29, 0.717) is 5.69 Å². The average Bonchev–Trinajstić information content (AvgIpc) is 2.94. The number of benzene rings is 1. The maximum absolute atomic E-state index is 11.8. The number of pyridine rings is 1. The van der Waals surface area contributed by atoms with Crippen LogP contribution < -0.4 is 0 Å². The van der Waals surface area contributed by atoms with Crippen LogP contribution in [0.4, 0.5) is 0 Å². The first-order valence-corrected chi connectivity index (χ1v) is 8.93. The van der Waals surface area contributed by atoms with Crippen molar-refractivity contribution in [1.82, 2.24) is 9.97 Å². The Morgan fingerprint density at radius 2 is 1.71 bits per heavy atom. The molecule has 0 spiro atoms. The summed E-state index contributed by atoms with van der Waals surface area (Å²) in [5.41, 5.74) is 2.43. The van der Waals surface area contributed by atoms with Gasteiger partial charge in [-0.3, -0.25) is 4.98 Å². The van der Waals surface area contributed by atoms with Gasteiger partial charge in [-0.05, 0) is 6.07 Å². The fraction of sp³-hybridized carbons (Fsp3) is 0.0667. The molecule has 2 aromatic heterocycles. The molecule has 1 aromatic carbocycles. The highest BCUT2D eigenvalue weighted by atomic mass is 32.2. The highest BCUT2D eigenvalue weighted by Gasteiger charge is 2.20. The number of sulfone groups is 1. The van der Waals surface area contributed by atoms with Crippen LogP contribution in [0, 0.1) is 0 Å². The van der Waals surface area contributed by atoms with E-state index >= 15 is 0 Å². The summed E-state index contributed by atoms with van der Waals surface area (Å²) < 4.78 is 23.7. The lowest BCUT2D eigenvalue weighted by molar-refractivity contribution is 0.601. The number of aromatic nitrogens is 2. The fourth-order valence-electron chi connectivity index (χ4n) is 1.94. The molecule has 2 heterocycles. The van der Waals surface area contributed by atoms with Gasteiger partial charge in [0.05, 0.1) is 10.6 Å². The third-order valence-corrected chi connectivity index (χ3v) is 5.68. The van der Waals surface area contributed by atoms with Gasteiger partial charge in [-0.2, -0.15) is 0 Å². The molecule has 4 nitrogen and oxygen atoms in total. The van der Waals surface area contributed by atoms with Crippen molar-refractivity contribution in [3.63, 3.8) is 0 Å². The van der Waals surface area contributed by atoms with E-state index in [1.54, 1.807) is 12.4 Å². The van der Waals surface area contributed by atoms with Crippen molar-refractivity contribution in [2.24, 2.45) is 0 Å². The minimum absolute atomic E-state index is 0.125. The topological polar surface area (TPSA) is 59.9 Å². The summed E-state index contributed by atoms with van der Waals surface area (Å²) in [6, 6.07) is 13.3. The molecular weight excluding hydrogens is 304 g/mol. The van der Waals surface area contributed by atoms with Crippen LogP contribution in [-0.4, -0.2) is 24.6 Å². The largest absolute Gasteiger partial charge is 0.264 e. The van der Waals surface area contributed by atoms with E-state index in [4.69, 9.17) is 0 Å². The van der Waals surface area contributed by atoms with Gasteiger partial charge in [-0.25, -0.2) is 13.4 Å². The Morgan fingerprint density at radius 3 is 2.33 bits per heavy atom. The van der Waals surface area contributed by atoms with E-state index in [2.05, 4.69) is 9.97 Å². The fourth-order valence-corrected chi connectivity index (χ4v) is 3.87. The molecule has 0 atom stereocenters. The number of thiazole rings is 1. The molecule has 0 amide bonds. The lowest BCUT2D eigenvalue weighted by atomic mass is 10.1. The highest BCUT2D eigenvalue weighted by molar-refractivity contribution is 7.92. The zero-order valence-corrected chi connectivity index (χ0v) is 12.9. The summed E-state index contributed by atoms with van der Waals surface area (Å²) in [5, 5.41) is 0. The Balaban J connectivity index is 2.25. The predicted octanol–water partition coefficient (Wildman–Crippen LogP) is 3.28. The summed E-state index contributed by atoms with van der Waals surface area (Å²) in [7, 11) is -3.33. The monoisotopic (exact) mass is 316 g/mol. The second kappa shape index (κ2) is 5.38. The van der Waals surface area contributed by atoms with Crippen molar-refractivity contribution in [2.75, 3.05) is 6.26 Å². The maximum Gasteiger partial charge on any atom is 0.210 e. The second-order valence-corrected chi connectivity index (χ2v) is 7.73. The van der Waals surface area contributed by atoms with Gasteiger partial charge in [0.1, 0.15) is 0 Å². The van der Waals surface area contributed by atoms with Crippen molar-refractivity contribution in [2.45, 2.75) is 4.34 Å². The zero-order chi connectivity index (χ0) is 14.9. The Labute approximate surface area is 127 Å². The Hall–Kier alpha value is -2.05. The summed E-state index contributed by atoms with van der Waals surface area (Å²) in [4.78, 5) is 9.24. The minimum Gasteiger partial charge on any atom is -0.264 e. The molecule has 0 fully saturated rings. The van der Waals surface area contributed by atoms with Gasteiger partial charge in [0.15, 0.2) is 0 Å². The molecule has 6 heteroatoms. The number of nitrogens with zero attached hydrogens (tertiary/aromatic N) is 2. The molecule has 0 radical (unpaired) electrons. The van der Waals surface area contributed by atoms with Crippen molar-refractivity contribution < 1.29 is 8.42 Å². The van der Waals surface area contributed by atoms with Crippen molar-refractivity contribution in [3.8, 4) is 21.7 Å². The molecular formula is C15H12N2O2S2. The molecule has 0 aliphatic rings. The number of hydrogen-bond donors (Lipinski definition) is 0. The molecule has 0 aliphatic heterocycles. The summed E-state index contributed by atoms with van der Waals surface area (Å²) >= 11 is 1.18. The second-order valence-electron chi connectivity index (χ2n) is 4.54. The summed E-state index contributed by atoms with van der Waals surface area (Å²) in [6.07, 6.45) is 4.57. The standard InChI is InChI=1S/C15H12N2O2S2/c1-21(18,19)15-17-13(11-6-3-2-4-7-11)14(20-15)12-8-5-9-16-10-12/h2-10H,1H3. The average molecular weight is 316 g/mol. The van der Waals surface area contributed by atoms with E-state index in [1.165, 1.54) is 17.6 Å². The van der Waals surface area contributed by atoms with Crippen LogP contribution in [-0.2, 0) is 9.84 Å². The smallest absolute Gasteiger partial charge is 0.210 e. The summed E-state index contributed by atoms with van der Waals surface area (Å²) in [6.45, 7) is 0. The van der Waals surface area contributed by atoms with Crippen LogP contribution in [0.1, 0.15) is 0 Å². The number of rotatable bonds is 3. The molecule has 106 valence electrons. The third-order valence-electron chi connectivity index (χ3n) is 2.90. The van der Waals surface area contributed by atoms with Gasteiger partial charge in [-0.1, -0.05) is 36.4 Å². The molecule has 3 aromatic rings. The normalized spacial score (nSPS) is 11.5. The van der Waals surface area contributed by atoms with E-state index in [9.17, 15) is 8.42 Å². The van der Waals surface area contributed by atoms with E-state index in [1.807, 2.05) is 42.5 Å². The van der Waals surface area contributed by atoms with Crippen LogP contribution in [0.5, 0.6) is 0 Å². The van der Waals surface area contributed by atoms with Gasteiger partial charge in [0.2, 0.25) is 14.2 Å². The van der Waals surface area contributed by atoms with Crippen LogP contribution in [0.25, 0.3) is 21.7 Å². The molecule has 0 unspecified atom stereocenters. The van der Waals surface area contributed by atoms with Crippen molar-refractivity contribution in [1.29, 1.82) is 0 Å². The molecule has 0 saturated carbocycles. The van der Waals surface area contributed by atoms with Crippen LogP contribution >= 0.6 is 11.3 Å². The predicted molar refractivity (Wildman–Crippen MR) is 83.9 cm³/mol. The lowest BCUT2D eigenvalue weighted by Gasteiger charge is -2.01. The minimum atomic E-state index is -3.33. The highest BCUT2D eigenvalue weighted by Crippen LogP contribution is 2.37. The maximum atomic E-state index is 11.8. The van der Waals surface area contributed by atoms with Crippen LogP contribution in [0.3, 0.4) is 0 Å². The Morgan fingerprint density at radius 1 is 1.00 bits per heavy atom. The first-order valence-electron chi connectivity index (χ1n) is 6.22. The van der Waals surface area contributed by atoms with Gasteiger partial charge < -0.3 is 0 Å². The molecule has 0 bridgehead atoms. The van der Waals surface area contributed by atoms with Gasteiger partial charge in [0, 0.05) is 29.8 Å². The number of hydrogen-bond acceptors (Lipinski definition) is 5. The molecule has 0 aliphatic carbocycles.